The lowest BCUT2D eigenvalue weighted by Crippen LogP contribution is -2.38. The van der Waals surface area contributed by atoms with E-state index in [1.165, 1.54) is 0 Å². The van der Waals surface area contributed by atoms with Crippen molar-refractivity contribution in [3.8, 4) is 0 Å². The highest BCUT2D eigenvalue weighted by molar-refractivity contribution is 7.85. The van der Waals surface area contributed by atoms with Gasteiger partial charge < -0.3 is 10.7 Å². The van der Waals surface area contributed by atoms with Gasteiger partial charge in [-0.15, -0.1) is 0 Å². The maximum atomic E-state index is 15.0. The molecule has 0 aromatic heterocycles. The van der Waals surface area contributed by atoms with E-state index < -0.39 is 86.8 Å². The molecular weight excluding hydrogens is 641 g/mol. The second kappa shape index (κ2) is 13.1. The van der Waals surface area contributed by atoms with Crippen molar-refractivity contribution in [1.82, 2.24) is 5.32 Å². The molecule has 0 spiro atoms. The summed E-state index contributed by atoms with van der Waals surface area (Å²) in [5.74, 6) is -8.37. The number of carbonyl (C=O) groups excluding carboxylic acids is 1. The standard InChI is InChI=1S/C24H18Cl2F10N2O2S/c1-11(9-41(40)10-22(28,29)30)38-21(39)14-3-2-12(4-17(14)24(34,35)36)20(27)7-16(23(31,32)33)13-5-18(25)15(8-37)19(26)6-13/h2-8,11,16,37H,9-10H2,1H3,(H,38,39)/b20-7-,37-8?/t11-,16?,41?/m1/s1. The Labute approximate surface area is 238 Å². The molecule has 0 saturated heterocycles. The van der Waals surface area contributed by atoms with Gasteiger partial charge in [-0.2, -0.15) is 39.5 Å². The smallest absolute Gasteiger partial charge is 0.349 e. The summed E-state index contributed by atoms with van der Waals surface area (Å²) in [4.78, 5) is 12.5. The summed E-state index contributed by atoms with van der Waals surface area (Å²) < 4.78 is 146. The van der Waals surface area contributed by atoms with Gasteiger partial charge in [0.05, 0.1) is 21.2 Å². The zero-order chi connectivity index (χ0) is 31.5. The fourth-order valence-corrected chi connectivity index (χ4v) is 5.27. The molecule has 2 aromatic carbocycles. The van der Waals surface area contributed by atoms with Gasteiger partial charge in [0, 0.05) is 39.9 Å². The van der Waals surface area contributed by atoms with Crippen molar-refractivity contribution in [1.29, 1.82) is 5.41 Å². The third-order valence-corrected chi connectivity index (χ3v) is 7.40. The van der Waals surface area contributed by atoms with E-state index in [9.17, 15) is 48.5 Å². The van der Waals surface area contributed by atoms with Crippen molar-refractivity contribution in [2.24, 2.45) is 0 Å². The molecule has 17 heteroatoms. The van der Waals surface area contributed by atoms with Gasteiger partial charge in [0.15, 0.2) is 0 Å². The van der Waals surface area contributed by atoms with Crippen LogP contribution < -0.4 is 5.32 Å². The summed E-state index contributed by atoms with van der Waals surface area (Å²) in [5.41, 5.74) is -4.61. The molecule has 1 amide bonds. The zero-order valence-corrected chi connectivity index (χ0v) is 22.7. The number of amides is 1. The Hall–Kier alpha value is -2.65. The molecule has 0 bridgehead atoms. The Morgan fingerprint density at radius 2 is 1.59 bits per heavy atom. The number of benzene rings is 2. The van der Waals surface area contributed by atoms with Crippen LogP contribution in [0.1, 0.15) is 45.5 Å². The Balaban J connectivity index is 2.46. The Morgan fingerprint density at radius 3 is 2.05 bits per heavy atom. The number of rotatable bonds is 9. The van der Waals surface area contributed by atoms with Crippen molar-refractivity contribution in [2.45, 2.75) is 37.4 Å². The summed E-state index contributed by atoms with van der Waals surface area (Å²) >= 11 is 11.7. The molecule has 226 valence electrons. The molecule has 2 unspecified atom stereocenters. The van der Waals surface area contributed by atoms with E-state index in [4.69, 9.17) is 28.6 Å². The fraction of sp³-hybridized carbons (Fsp3) is 0.333. The summed E-state index contributed by atoms with van der Waals surface area (Å²) in [6, 6.07) is 1.45. The molecule has 4 nitrogen and oxygen atoms in total. The monoisotopic (exact) mass is 658 g/mol. The topological polar surface area (TPSA) is 70.0 Å². The van der Waals surface area contributed by atoms with Crippen molar-refractivity contribution < 1.29 is 52.9 Å². The molecule has 0 saturated carbocycles. The van der Waals surface area contributed by atoms with Crippen LogP contribution in [-0.4, -0.2) is 46.2 Å². The highest BCUT2D eigenvalue weighted by Crippen LogP contribution is 2.41. The average Bonchev–Trinajstić information content (AvgIpc) is 2.78. The number of halogens is 12. The van der Waals surface area contributed by atoms with E-state index in [1.807, 2.05) is 5.32 Å². The van der Waals surface area contributed by atoms with Gasteiger partial charge in [-0.1, -0.05) is 29.3 Å². The number of hydrogen-bond acceptors (Lipinski definition) is 3. The number of alkyl halides is 9. The Bertz CT molecular complexity index is 1330. The Kier molecular flexibility index (Phi) is 11.0. The van der Waals surface area contributed by atoms with Crippen LogP contribution in [0.4, 0.5) is 43.9 Å². The van der Waals surface area contributed by atoms with Gasteiger partial charge >= 0.3 is 18.5 Å². The number of nitrogens with one attached hydrogen (secondary N) is 2. The zero-order valence-electron chi connectivity index (χ0n) is 20.4. The molecule has 0 aliphatic rings. The lowest BCUT2D eigenvalue weighted by atomic mass is 9.94. The second-order valence-corrected chi connectivity index (χ2v) is 10.9. The van der Waals surface area contributed by atoms with Crippen molar-refractivity contribution in [3.63, 3.8) is 0 Å². The van der Waals surface area contributed by atoms with Crippen LogP contribution in [-0.2, 0) is 17.0 Å². The minimum Gasteiger partial charge on any atom is -0.349 e. The van der Waals surface area contributed by atoms with Crippen LogP contribution in [0, 0.1) is 5.41 Å². The van der Waals surface area contributed by atoms with Crippen molar-refractivity contribution >= 4 is 52.0 Å². The molecule has 0 fully saturated rings. The normalized spacial score (nSPS) is 15.3. The first-order valence-electron chi connectivity index (χ1n) is 11.0. The van der Waals surface area contributed by atoms with Crippen LogP contribution in [0.15, 0.2) is 36.4 Å². The van der Waals surface area contributed by atoms with Crippen LogP contribution in [0.25, 0.3) is 5.83 Å². The van der Waals surface area contributed by atoms with Gasteiger partial charge in [-0.05, 0) is 42.8 Å². The Morgan fingerprint density at radius 1 is 1.02 bits per heavy atom. The van der Waals surface area contributed by atoms with E-state index in [0.717, 1.165) is 19.1 Å². The minimum atomic E-state index is -5.31. The molecule has 3 atom stereocenters. The van der Waals surface area contributed by atoms with E-state index >= 15 is 4.39 Å². The maximum absolute atomic E-state index is 15.0. The first-order chi connectivity index (χ1) is 18.6. The lowest BCUT2D eigenvalue weighted by molar-refractivity contribution is -0.140. The van der Waals surface area contributed by atoms with E-state index in [1.54, 1.807) is 0 Å². The summed E-state index contributed by atoms with van der Waals surface area (Å²) in [6.07, 6.45) is -14.6. The third-order valence-electron chi connectivity index (χ3n) is 5.25. The van der Waals surface area contributed by atoms with Gasteiger partial charge in [0.2, 0.25) is 0 Å². The first-order valence-corrected chi connectivity index (χ1v) is 13.3. The van der Waals surface area contributed by atoms with Crippen LogP contribution in [0.2, 0.25) is 10.0 Å². The predicted molar refractivity (Wildman–Crippen MR) is 135 cm³/mol. The van der Waals surface area contributed by atoms with Crippen LogP contribution in [0.5, 0.6) is 0 Å². The highest BCUT2D eigenvalue weighted by atomic mass is 35.5. The third kappa shape index (κ3) is 9.70. The molecule has 2 N–H and O–H groups in total. The fourth-order valence-electron chi connectivity index (χ4n) is 3.53. The van der Waals surface area contributed by atoms with E-state index in [-0.39, 0.29) is 27.8 Å². The maximum Gasteiger partial charge on any atom is 0.417 e. The molecular formula is C24H18Cl2F10N2O2S. The van der Waals surface area contributed by atoms with E-state index in [2.05, 4.69) is 0 Å². The van der Waals surface area contributed by atoms with Crippen LogP contribution >= 0.6 is 23.2 Å². The van der Waals surface area contributed by atoms with Gasteiger partial charge in [-0.3, -0.25) is 9.00 Å². The molecule has 0 radical (unpaired) electrons. The second-order valence-electron chi connectivity index (χ2n) is 8.58. The summed E-state index contributed by atoms with van der Waals surface area (Å²) in [5, 5.41) is 8.45. The quantitative estimate of drug-likeness (QED) is 0.211. The largest absolute Gasteiger partial charge is 0.417 e. The number of hydrogen-bond donors (Lipinski definition) is 2. The highest BCUT2D eigenvalue weighted by Gasteiger charge is 2.41. The van der Waals surface area contributed by atoms with Gasteiger partial charge in [-0.25, -0.2) is 4.39 Å². The first kappa shape index (κ1) is 34.6. The van der Waals surface area contributed by atoms with Crippen molar-refractivity contribution in [2.75, 3.05) is 11.5 Å². The molecule has 0 aliphatic heterocycles. The molecule has 41 heavy (non-hydrogen) atoms. The summed E-state index contributed by atoms with van der Waals surface area (Å²) in [6.45, 7) is 1.10. The van der Waals surface area contributed by atoms with Gasteiger partial charge in [0.25, 0.3) is 5.91 Å². The summed E-state index contributed by atoms with van der Waals surface area (Å²) in [7, 11) is -2.50. The molecule has 2 aromatic rings. The molecule has 2 rings (SSSR count). The minimum absolute atomic E-state index is 0.0145. The van der Waals surface area contributed by atoms with Gasteiger partial charge in [0.1, 0.15) is 17.5 Å². The number of carbonyl (C=O) groups is 1. The average molecular weight is 659 g/mol. The van der Waals surface area contributed by atoms with E-state index in [0.29, 0.717) is 18.3 Å². The predicted octanol–water partition coefficient (Wildman–Crippen LogP) is 8.10. The molecule has 0 aliphatic carbocycles. The SMILES string of the molecule is C[C@H](CS(=O)CC(F)(F)F)NC(=O)c1ccc(/C(F)=C/C(c2cc(Cl)c(C=N)c(Cl)c2)C(F)(F)F)cc1C(F)(F)F. The van der Waals surface area contributed by atoms with Crippen molar-refractivity contribution in [3.05, 3.63) is 74.3 Å². The van der Waals surface area contributed by atoms with Crippen LogP contribution in [0.3, 0.4) is 0 Å². The number of allylic oxidation sites excluding steroid dienone is 1. The lowest BCUT2D eigenvalue weighted by Gasteiger charge is -2.20. The molecule has 0 heterocycles.